The highest BCUT2D eigenvalue weighted by molar-refractivity contribution is 5.89. The van der Waals surface area contributed by atoms with Crippen LogP contribution in [0.15, 0.2) is 24.3 Å². The Morgan fingerprint density at radius 2 is 0.960 bits per heavy atom. The monoisotopic (exact) mass is 716 g/mol. The molecule has 2 N–H and O–H groups in total. The van der Waals surface area contributed by atoms with Crippen LogP contribution in [0.2, 0.25) is 0 Å². The average Bonchev–Trinajstić information content (AvgIpc) is 3.14. The van der Waals surface area contributed by atoms with Gasteiger partial charge in [0.2, 0.25) is 0 Å². The minimum absolute atomic E-state index is 0.192. The highest BCUT2D eigenvalue weighted by Gasteiger charge is 2.12. The highest BCUT2D eigenvalue weighted by Crippen LogP contribution is 2.11. The zero-order valence-corrected chi connectivity index (χ0v) is 30.4. The van der Waals surface area contributed by atoms with Crippen molar-refractivity contribution in [3.63, 3.8) is 0 Å². The number of hydrogen-bond acceptors (Lipinski definition) is 14. The summed E-state index contributed by atoms with van der Waals surface area (Å²) in [7, 11) is 0. The third kappa shape index (κ3) is 26.8. The van der Waals surface area contributed by atoms with E-state index in [1.54, 1.807) is 12.1 Å². The molecule has 2 rings (SSSR count). The number of esters is 1. The fourth-order valence-corrected chi connectivity index (χ4v) is 4.51. The summed E-state index contributed by atoms with van der Waals surface area (Å²) in [4.78, 5) is 12.1. The molecule has 1 aromatic carbocycles. The van der Waals surface area contributed by atoms with Gasteiger partial charge in [-0.3, -0.25) is 0 Å². The Bertz CT molecular complexity index is 877. The Balaban J connectivity index is 1.18. The van der Waals surface area contributed by atoms with E-state index in [1.165, 1.54) is 0 Å². The van der Waals surface area contributed by atoms with E-state index in [2.05, 4.69) is 17.6 Å². The van der Waals surface area contributed by atoms with Crippen LogP contribution < -0.4 is 10.6 Å². The van der Waals surface area contributed by atoms with Crippen LogP contribution in [-0.2, 0) is 52.1 Å². The number of ether oxygens (including phenoxy) is 11. The first-order valence-corrected chi connectivity index (χ1v) is 18.3. The molecule has 1 fully saturated rings. The van der Waals surface area contributed by atoms with Crippen LogP contribution in [0.5, 0.6) is 0 Å². The zero-order valence-electron chi connectivity index (χ0n) is 30.4. The van der Waals surface area contributed by atoms with E-state index in [-0.39, 0.29) is 12.6 Å². The number of rotatable bonds is 36. The summed E-state index contributed by atoms with van der Waals surface area (Å²) >= 11 is 0. The standard InChI is InChI=1S/C36H64N2O12/c1-2-3-10-38-34-6-4-33(5-7-34)36(39)50-32-30-48-28-26-46-24-22-44-20-18-42-16-14-40-13-15-41-17-19-43-21-23-45-25-27-47-29-31-49-35-8-11-37-12-9-35/h4-7,35,37-38H,2-3,8-32H2,1H3. The lowest BCUT2D eigenvalue weighted by atomic mass is 10.1. The van der Waals surface area contributed by atoms with Crippen molar-refractivity contribution in [3.8, 4) is 0 Å². The molecule has 1 aliphatic heterocycles. The second-order valence-corrected chi connectivity index (χ2v) is 11.3. The molecule has 1 heterocycles. The molecule has 290 valence electrons. The molecule has 1 aromatic rings. The van der Waals surface area contributed by atoms with Crippen molar-refractivity contribution in [3.05, 3.63) is 29.8 Å². The van der Waals surface area contributed by atoms with Crippen molar-refractivity contribution in [2.24, 2.45) is 0 Å². The Labute approximate surface area is 299 Å². The van der Waals surface area contributed by atoms with Crippen molar-refractivity contribution >= 4 is 11.7 Å². The SMILES string of the molecule is CCCCNc1ccc(C(=O)OCCOCCOCCOCCOCCOCCOCCOCCOCCOCCOC2CCNCC2)cc1. The molecule has 50 heavy (non-hydrogen) atoms. The number of piperidine rings is 1. The Morgan fingerprint density at radius 3 is 1.36 bits per heavy atom. The lowest BCUT2D eigenvalue weighted by Gasteiger charge is -2.22. The molecule has 1 saturated heterocycles. The maximum atomic E-state index is 12.1. The lowest BCUT2D eigenvalue weighted by molar-refractivity contribution is -0.0323. The summed E-state index contributed by atoms with van der Waals surface area (Å²) in [5.41, 5.74) is 1.52. The van der Waals surface area contributed by atoms with Crippen molar-refractivity contribution in [2.45, 2.75) is 38.7 Å². The molecule has 0 amide bonds. The Hall–Kier alpha value is -1.95. The van der Waals surface area contributed by atoms with Gasteiger partial charge in [-0.2, -0.15) is 0 Å². The molecule has 0 spiro atoms. The maximum Gasteiger partial charge on any atom is 0.338 e. The molecule has 0 saturated carbocycles. The van der Waals surface area contributed by atoms with E-state index in [1.807, 2.05) is 12.1 Å². The number of nitrogens with one attached hydrogen (secondary N) is 2. The summed E-state index contributed by atoms with van der Waals surface area (Å²) < 4.78 is 60.5. The van der Waals surface area contributed by atoms with Crippen LogP contribution in [0.3, 0.4) is 0 Å². The fourth-order valence-electron chi connectivity index (χ4n) is 4.51. The molecular formula is C36H64N2O12. The number of benzene rings is 1. The van der Waals surface area contributed by atoms with Gasteiger partial charge in [-0.05, 0) is 56.6 Å². The summed E-state index contributed by atoms with van der Waals surface area (Å²) in [6, 6.07) is 7.30. The largest absolute Gasteiger partial charge is 0.460 e. The maximum absolute atomic E-state index is 12.1. The van der Waals surface area contributed by atoms with Crippen molar-refractivity contribution in [2.75, 3.05) is 157 Å². The van der Waals surface area contributed by atoms with Crippen LogP contribution in [0.1, 0.15) is 43.0 Å². The summed E-state index contributed by atoms with van der Waals surface area (Å²) in [6.07, 6.45) is 4.77. The Morgan fingerprint density at radius 1 is 0.580 bits per heavy atom. The summed E-state index contributed by atoms with van der Waals surface area (Å²) in [5, 5.41) is 6.65. The van der Waals surface area contributed by atoms with Crippen molar-refractivity contribution in [1.82, 2.24) is 5.32 Å². The number of anilines is 1. The third-order valence-electron chi connectivity index (χ3n) is 7.28. The molecule has 0 aromatic heterocycles. The van der Waals surface area contributed by atoms with Gasteiger partial charge in [0, 0.05) is 12.2 Å². The van der Waals surface area contributed by atoms with Crippen LogP contribution in [0, 0.1) is 0 Å². The fraction of sp³-hybridized carbons (Fsp3) is 0.806. The van der Waals surface area contributed by atoms with Crippen molar-refractivity contribution in [1.29, 1.82) is 0 Å². The number of carbonyl (C=O) groups is 1. The van der Waals surface area contributed by atoms with Gasteiger partial charge in [0.05, 0.1) is 137 Å². The van der Waals surface area contributed by atoms with Gasteiger partial charge >= 0.3 is 5.97 Å². The molecule has 1 aliphatic rings. The van der Waals surface area contributed by atoms with Crippen LogP contribution in [0.25, 0.3) is 0 Å². The van der Waals surface area contributed by atoms with Gasteiger partial charge < -0.3 is 62.7 Å². The van der Waals surface area contributed by atoms with Gasteiger partial charge in [-0.1, -0.05) is 13.3 Å². The second kappa shape index (κ2) is 34.2. The first-order chi connectivity index (χ1) is 24.8. The first kappa shape index (κ1) is 44.2. The predicted molar refractivity (Wildman–Crippen MR) is 189 cm³/mol. The van der Waals surface area contributed by atoms with E-state index >= 15 is 0 Å². The molecule has 14 heteroatoms. The van der Waals surface area contributed by atoms with Gasteiger partial charge in [0.15, 0.2) is 0 Å². The van der Waals surface area contributed by atoms with E-state index in [0.717, 1.165) is 51.0 Å². The predicted octanol–water partition coefficient (Wildman–Crippen LogP) is 2.97. The molecule has 14 nitrogen and oxygen atoms in total. The molecular weight excluding hydrogens is 652 g/mol. The number of carbonyl (C=O) groups excluding carboxylic acids is 1. The van der Waals surface area contributed by atoms with E-state index < -0.39 is 0 Å². The second-order valence-electron chi connectivity index (χ2n) is 11.3. The molecule has 0 atom stereocenters. The van der Waals surface area contributed by atoms with Gasteiger partial charge in [-0.25, -0.2) is 4.79 Å². The summed E-state index contributed by atoms with van der Waals surface area (Å²) in [5.74, 6) is -0.359. The normalized spacial score (nSPS) is 13.5. The van der Waals surface area contributed by atoms with E-state index in [0.29, 0.717) is 137 Å². The van der Waals surface area contributed by atoms with Gasteiger partial charge in [-0.15, -0.1) is 0 Å². The quantitative estimate of drug-likeness (QED) is 0.0776. The third-order valence-corrected chi connectivity index (χ3v) is 7.28. The molecule has 0 bridgehead atoms. The Kier molecular flexibility index (Phi) is 30.2. The van der Waals surface area contributed by atoms with Crippen LogP contribution in [-0.4, -0.2) is 164 Å². The molecule has 0 radical (unpaired) electrons. The van der Waals surface area contributed by atoms with E-state index in [9.17, 15) is 4.79 Å². The minimum Gasteiger partial charge on any atom is -0.460 e. The average molecular weight is 717 g/mol. The smallest absolute Gasteiger partial charge is 0.338 e. The molecule has 0 unspecified atom stereocenters. The lowest BCUT2D eigenvalue weighted by Crippen LogP contribution is -2.33. The summed E-state index contributed by atoms with van der Waals surface area (Å²) in [6.45, 7) is 14.9. The highest BCUT2D eigenvalue weighted by atomic mass is 16.6. The zero-order chi connectivity index (χ0) is 35.4. The minimum atomic E-state index is -0.359. The van der Waals surface area contributed by atoms with Crippen LogP contribution in [0.4, 0.5) is 5.69 Å². The van der Waals surface area contributed by atoms with Crippen molar-refractivity contribution < 1.29 is 56.9 Å². The van der Waals surface area contributed by atoms with Crippen LogP contribution >= 0.6 is 0 Å². The van der Waals surface area contributed by atoms with Gasteiger partial charge in [0.25, 0.3) is 0 Å². The first-order valence-electron chi connectivity index (χ1n) is 18.3. The molecule has 0 aliphatic carbocycles. The number of hydrogen-bond donors (Lipinski definition) is 2. The van der Waals surface area contributed by atoms with Gasteiger partial charge in [0.1, 0.15) is 6.61 Å². The topological polar surface area (TPSA) is 143 Å². The van der Waals surface area contributed by atoms with E-state index in [4.69, 9.17) is 52.1 Å². The number of unbranched alkanes of at least 4 members (excludes halogenated alkanes) is 1.